The number of aliphatic imine (C=N–C) groups is 1. The molecule has 1 unspecified atom stereocenters. The highest BCUT2D eigenvalue weighted by atomic mass is 16.5. The van der Waals surface area contributed by atoms with Crippen LogP contribution in [0.1, 0.15) is 30.4 Å². The number of nitrogens with one attached hydrogen (secondary N) is 2. The molecule has 0 aliphatic heterocycles. The van der Waals surface area contributed by atoms with Gasteiger partial charge >= 0.3 is 0 Å². The van der Waals surface area contributed by atoms with Crippen molar-refractivity contribution < 1.29 is 14.6 Å². The number of benzene rings is 2. The minimum absolute atomic E-state index is 0.229. The van der Waals surface area contributed by atoms with Crippen LogP contribution in [0.25, 0.3) is 0 Å². The van der Waals surface area contributed by atoms with E-state index in [4.69, 9.17) is 9.47 Å². The predicted molar refractivity (Wildman–Crippen MR) is 109 cm³/mol. The number of aromatic hydroxyl groups is 1. The van der Waals surface area contributed by atoms with Crippen molar-refractivity contribution in [1.82, 2.24) is 10.6 Å². The van der Waals surface area contributed by atoms with Crippen molar-refractivity contribution in [2.75, 3.05) is 27.8 Å². The normalized spacial score (nSPS) is 12.4. The van der Waals surface area contributed by atoms with Gasteiger partial charge in [-0.3, -0.25) is 4.99 Å². The highest BCUT2D eigenvalue weighted by Gasteiger charge is 2.08. The third kappa shape index (κ3) is 6.09. The molecule has 146 valence electrons. The zero-order chi connectivity index (χ0) is 19.6. The number of hydrogen-bond acceptors (Lipinski definition) is 4. The highest BCUT2D eigenvalue weighted by molar-refractivity contribution is 5.79. The summed E-state index contributed by atoms with van der Waals surface area (Å²) in [5.74, 6) is 2.92. The fourth-order valence-electron chi connectivity index (χ4n) is 2.74. The molecular formula is C21H29N3O3. The van der Waals surface area contributed by atoms with E-state index in [1.165, 1.54) is 5.56 Å². The van der Waals surface area contributed by atoms with Gasteiger partial charge in [-0.05, 0) is 48.2 Å². The van der Waals surface area contributed by atoms with Crippen molar-refractivity contribution >= 4 is 5.96 Å². The summed E-state index contributed by atoms with van der Waals surface area (Å²) in [5, 5.41) is 16.5. The Balaban J connectivity index is 1.81. The van der Waals surface area contributed by atoms with E-state index in [1.807, 2.05) is 12.1 Å². The third-order valence-corrected chi connectivity index (χ3v) is 4.51. The van der Waals surface area contributed by atoms with Gasteiger partial charge in [-0.1, -0.05) is 19.1 Å². The molecule has 1 atom stereocenters. The first-order valence-corrected chi connectivity index (χ1v) is 9.01. The molecule has 0 aliphatic rings. The summed E-state index contributed by atoms with van der Waals surface area (Å²) in [4.78, 5) is 4.23. The van der Waals surface area contributed by atoms with Crippen LogP contribution in [0.3, 0.4) is 0 Å². The van der Waals surface area contributed by atoms with Crippen LogP contribution in [0, 0.1) is 0 Å². The second-order valence-corrected chi connectivity index (χ2v) is 6.31. The number of phenols is 1. The van der Waals surface area contributed by atoms with Crippen molar-refractivity contribution in [2.24, 2.45) is 4.99 Å². The number of phenolic OH excluding ortho intramolecular Hbond substituents is 1. The van der Waals surface area contributed by atoms with E-state index in [0.29, 0.717) is 24.2 Å². The van der Waals surface area contributed by atoms with E-state index < -0.39 is 0 Å². The summed E-state index contributed by atoms with van der Waals surface area (Å²) in [6.45, 7) is 3.45. The van der Waals surface area contributed by atoms with Gasteiger partial charge in [0.05, 0.1) is 14.2 Å². The average molecular weight is 371 g/mol. The Morgan fingerprint density at radius 2 is 1.70 bits per heavy atom. The van der Waals surface area contributed by atoms with Crippen molar-refractivity contribution in [3.05, 3.63) is 53.6 Å². The summed E-state index contributed by atoms with van der Waals surface area (Å²) >= 11 is 0. The molecule has 0 bridgehead atoms. The minimum Gasteiger partial charge on any atom is -0.508 e. The average Bonchev–Trinajstić information content (AvgIpc) is 2.71. The Bertz CT molecular complexity index is 745. The van der Waals surface area contributed by atoms with Gasteiger partial charge in [0, 0.05) is 25.7 Å². The van der Waals surface area contributed by atoms with Gasteiger partial charge in [0.2, 0.25) is 0 Å². The van der Waals surface area contributed by atoms with Crippen LogP contribution in [0.4, 0.5) is 0 Å². The number of ether oxygens (including phenoxy) is 2. The summed E-state index contributed by atoms with van der Waals surface area (Å²) in [5.41, 5.74) is 2.03. The van der Waals surface area contributed by atoms with Gasteiger partial charge in [-0.25, -0.2) is 0 Å². The summed E-state index contributed by atoms with van der Waals surface area (Å²) in [7, 11) is 5.01. The number of rotatable bonds is 8. The highest BCUT2D eigenvalue weighted by Crippen LogP contribution is 2.23. The molecule has 0 fully saturated rings. The van der Waals surface area contributed by atoms with Gasteiger partial charge in [-0.15, -0.1) is 0 Å². The van der Waals surface area contributed by atoms with E-state index in [0.717, 1.165) is 24.3 Å². The summed E-state index contributed by atoms with van der Waals surface area (Å²) < 4.78 is 10.4. The van der Waals surface area contributed by atoms with E-state index in [2.05, 4.69) is 34.7 Å². The lowest BCUT2D eigenvalue weighted by molar-refractivity contribution is 0.410. The van der Waals surface area contributed by atoms with Crippen LogP contribution in [0.5, 0.6) is 17.2 Å². The van der Waals surface area contributed by atoms with Gasteiger partial charge in [-0.2, -0.15) is 0 Å². The molecule has 2 aromatic carbocycles. The fourth-order valence-corrected chi connectivity index (χ4v) is 2.74. The molecule has 0 spiro atoms. The lowest BCUT2D eigenvalue weighted by atomic mass is 9.98. The largest absolute Gasteiger partial charge is 0.508 e. The van der Waals surface area contributed by atoms with Gasteiger partial charge in [0.25, 0.3) is 0 Å². The summed E-state index contributed by atoms with van der Waals surface area (Å²) in [6.07, 6.45) is 0.970. The van der Waals surface area contributed by atoms with Crippen LogP contribution in [-0.4, -0.2) is 38.9 Å². The Hall–Kier alpha value is -2.89. The monoisotopic (exact) mass is 371 g/mol. The van der Waals surface area contributed by atoms with Crippen LogP contribution in [-0.2, 0) is 6.54 Å². The number of methoxy groups -OCH3 is 2. The van der Waals surface area contributed by atoms with Crippen molar-refractivity contribution in [2.45, 2.75) is 25.8 Å². The maximum Gasteiger partial charge on any atom is 0.191 e. The first-order valence-electron chi connectivity index (χ1n) is 9.01. The lowest BCUT2D eigenvalue weighted by Gasteiger charge is -2.16. The molecule has 0 aromatic heterocycles. The Kier molecular flexibility index (Phi) is 7.79. The molecule has 6 nitrogen and oxygen atoms in total. The number of nitrogens with zero attached hydrogens (tertiary/aromatic N) is 1. The molecule has 0 saturated heterocycles. The molecule has 0 saturated carbocycles. The third-order valence-electron chi connectivity index (χ3n) is 4.51. The van der Waals surface area contributed by atoms with Crippen molar-refractivity contribution in [3.8, 4) is 17.2 Å². The fraction of sp³-hybridized carbons (Fsp3) is 0.381. The Morgan fingerprint density at radius 1 is 1.04 bits per heavy atom. The van der Waals surface area contributed by atoms with Crippen LogP contribution in [0.15, 0.2) is 47.5 Å². The topological polar surface area (TPSA) is 75.1 Å². The van der Waals surface area contributed by atoms with Gasteiger partial charge in [0.1, 0.15) is 17.2 Å². The van der Waals surface area contributed by atoms with E-state index in [-0.39, 0.29) is 5.75 Å². The predicted octanol–water partition coefficient (Wildman–Crippen LogP) is 3.27. The quantitative estimate of drug-likeness (QED) is 0.491. The smallest absolute Gasteiger partial charge is 0.191 e. The molecule has 3 N–H and O–H groups in total. The molecule has 2 rings (SSSR count). The molecule has 0 amide bonds. The molecule has 0 radical (unpaired) electrons. The zero-order valence-corrected chi connectivity index (χ0v) is 16.5. The van der Waals surface area contributed by atoms with Gasteiger partial charge in [0.15, 0.2) is 5.96 Å². The SMILES string of the molecule is CN=C(NCCC(C)c1ccc(OC)cc1)NCc1cc(OC)ccc1O. The van der Waals surface area contributed by atoms with Crippen LogP contribution in [0.2, 0.25) is 0 Å². The minimum atomic E-state index is 0.229. The van der Waals surface area contributed by atoms with Gasteiger partial charge < -0.3 is 25.2 Å². The maximum absolute atomic E-state index is 9.96. The number of hydrogen-bond donors (Lipinski definition) is 3. The van der Waals surface area contributed by atoms with Crippen LogP contribution < -0.4 is 20.1 Å². The van der Waals surface area contributed by atoms with E-state index in [9.17, 15) is 5.11 Å². The second-order valence-electron chi connectivity index (χ2n) is 6.31. The van der Waals surface area contributed by atoms with Crippen molar-refractivity contribution in [3.63, 3.8) is 0 Å². The first-order chi connectivity index (χ1) is 13.1. The van der Waals surface area contributed by atoms with E-state index in [1.54, 1.807) is 39.5 Å². The van der Waals surface area contributed by atoms with E-state index >= 15 is 0 Å². The molecule has 27 heavy (non-hydrogen) atoms. The maximum atomic E-state index is 9.96. The molecule has 2 aromatic rings. The molecule has 6 heteroatoms. The Labute approximate surface area is 161 Å². The van der Waals surface area contributed by atoms with Crippen molar-refractivity contribution in [1.29, 1.82) is 0 Å². The molecule has 0 aliphatic carbocycles. The molecular weight excluding hydrogens is 342 g/mol. The standard InChI is InChI=1S/C21H29N3O3/c1-15(16-5-7-18(26-3)8-6-16)11-12-23-21(22-2)24-14-17-13-19(27-4)9-10-20(17)25/h5-10,13,15,25H,11-12,14H2,1-4H3,(H2,22,23,24). The summed E-state index contributed by atoms with van der Waals surface area (Å²) in [6, 6.07) is 13.3. The lowest BCUT2D eigenvalue weighted by Crippen LogP contribution is -2.37. The second kappa shape index (κ2) is 10.3. The molecule has 0 heterocycles. The number of guanidine groups is 1. The Morgan fingerprint density at radius 3 is 2.33 bits per heavy atom. The zero-order valence-electron chi connectivity index (χ0n) is 16.5. The first kappa shape index (κ1) is 20.4. The van der Waals surface area contributed by atoms with Crippen LogP contribution >= 0.6 is 0 Å².